The molecule has 0 aliphatic heterocycles. The number of rotatable bonds is 6. The molecule has 1 aromatic heterocycles. The lowest BCUT2D eigenvalue weighted by Gasteiger charge is -2.13. The number of hydrogen-bond acceptors (Lipinski definition) is 6. The summed E-state index contributed by atoms with van der Waals surface area (Å²) in [6, 6.07) is 1.64. The van der Waals surface area contributed by atoms with Gasteiger partial charge in [-0.15, -0.1) is 0 Å². The first-order valence-corrected chi connectivity index (χ1v) is 6.64. The van der Waals surface area contributed by atoms with Crippen molar-refractivity contribution in [3.05, 3.63) is 11.9 Å². The van der Waals surface area contributed by atoms with Crippen LogP contribution >= 0.6 is 0 Å². The highest BCUT2D eigenvalue weighted by atomic mass is 16.2. The predicted octanol–water partition coefficient (Wildman–Crippen LogP) is 0.323. The number of hydrogen-bond donors (Lipinski definition) is 4. The van der Waals surface area contributed by atoms with E-state index in [9.17, 15) is 4.79 Å². The smallest absolute Gasteiger partial charge is 0.316 e. The van der Waals surface area contributed by atoms with Gasteiger partial charge in [-0.1, -0.05) is 0 Å². The van der Waals surface area contributed by atoms with E-state index in [4.69, 9.17) is 5.84 Å². The average molecular weight is 279 g/mol. The molecule has 110 valence electrons. The van der Waals surface area contributed by atoms with Gasteiger partial charge in [-0.3, -0.25) is 0 Å². The van der Waals surface area contributed by atoms with Gasteiger partial charge in [0.25, 0.3) is 0 Å². The van der Waals surface area contributed by atoms with Crippen molar-refractivity contribution in [2.24, 2.45) is 5.84 Å². The molecule has 0 atom stereocenters. The Balaban J connectivity index is 1.85. The third kappa shape index (κ3) is 3.95. The molecule has 8 nitrogen and oxygen atoms in total. The van der Waals surface area contributed by atoms with Gasteiger partial charge in [0.1, 0.15) is 17.5 Å². The Morgan fingerprint density at radius 3 is 2.65 bits per heavy atom. The number of aromatic nitrogens is 2. The molecule has 2 amide bonds. The molecule has 1 heterocycles. The quantitative estimate of drug-likeness (QED) is 0.339. The third-order valence-corrected chi connectivity index (χ3v) is 2.95. The molecule has 0 saturated heterocycles. The number of carbonyl (C=O) groups is 1. The second kappa shape index (κ2) is 6.38. The van der Waals surface area contributed by atoms with Gasteiger partial charge in [-0.25, -0.2) is 20.6 Å². The number of nitrogens with one attached hydrogen (secondary N) is 3. The van der Waals surface area contributed by atoms with Gasteiger partial charge in [0, 0.05) is 39.2 Å². The van der Waals surface area contributed by atoms with Crippen LogP contribution in [0.4, 0.5) is 16.4 Å². The van der Waals surface area contributed by atoms with Gasteiger partial charge in [0.15, 0.2) is 0 Å². The molecule has 2 rings (SSSR count). The van der Waals surface area contributed by atoms with E-state index in [0.717, 1.165) is 18.7 Å². The van der Waals surface area contributed by atoms with E-state index in [0.29, 0.717) is 30.6 Å². The minimum absolute atomic E-state index is 0.113. The summed E-state index contributed by atoms with van der Waals surface area (Å²) in [5.74, 6) is 8.00. The van der Waals surface area contributed by atoms with Gasteiger partial charge in [-0.05, 0) is 12.8 Å². The number of anilines is 2. The summed E-state index contributed by atoms with van der Waals surface area (Å²) in [6.07, 6.45) is 2.26. The van der Waals surface area contributed by atoms with Crippen molar-refractivity contribution in [3.63, 3.8) is 0 Å². The third-order valence-electron chi connectivity index (χ3n) is 2.95. The van der Waals surface area contributed by atoms with Crippen LogP contribution in [0.5, 0.6) is 0 Å². The first kappa shape index (κ1) is 14.3. The van der Waals surface area contributed by atoms with Crippen molar-refractivity contribution in [2.45, 2.75) is 18.8 Å². The lowest BCUT2D eigenvalue weighted by molar-refractivity contribution is 0.218. The van der Waals surface area contributed by atoms with Gasteiger partial charge >= 0.3 is 6.03 Å². The molecular weight excluding hydrogens is 258 g/mol. The number of urea groups is 1. The number of nitrogens with two attached hydrogens (primary N) is 1. The Hall–Kier alpha value is -2.09. The maximum Gasteiger partial charge on any atom is 0.316 e. The Labute approximate surface area is 118 Å². The summed E-state index contributed by atoms with van der Waals surface area (Å²) < 4.78 is 0. The highest BCUT2D eigenvalue weighted by molar-refractivity contribution is 5.73. The number of carbonyl (C=O) groups excluding carboxylic acids is 1. The van der Waals surface area contributed by atoms with Crippen molar-refractivity contribution < 1.29 is 4.79 Å². The molecule has 0 aromatic carbocycles. The van der Waals surface area contributed by atoms with E-state index in [1.165, 1.54) is 4.90 Å². The summed E-state index contributed by atoms with van der Waals surface area (Å²) in [7, 11) is 3.41. The molecule has 1 aliphatic rings. The lowest BCUT2D eigenvalue weighted by Crippen LogP contribution is -2.37. The van der Waals surface area contributed by atoms with Gasteiger partial charge in [0.2, 0.25) is 0 Å². The van der Waals surface area contributed by atoms with Crippen molar-refractivity contribution in [2.75, 3.05) is 37.9 Å². The monoisotopic (exact) mass is 279 g/mol. The Morgan fingerprint density at radius 1 is 1.35 bits per heavy atom. The van der Waals surface area contributed by atoms with Crippen molar-refractivity contribution >= 4 is 17.7 Å². The first-order chi connectivity index (χ1) is 9.60. The minimum atomic E-state index is -0.113. The molecule has 20 heavy (non-hydrogen) atoms. The summed E-state index contributed by atoms with van der Waals surface area (Å²) in [5, 5.41) is 5.93. The molecule has 1 aromatic rings. The molecule has 8 heteroatoms. The zero-order valence-electron chi connectivity index (χ0n) is 11.8. The van der Waals surface area contributed by atoms with E-state index in [-0.39, 0.29) is 6.03 Å². The second-order valence-corrected chi connectivity index (χ2v) is 4.97. The number of amides is 2. The predicted molar refractivity (Wildman–Crippen MR) is 77.4 cm³/mol. The van der Waals surface area contributed by atoms with Crippen LogP contribution in [0.2, 0.25) is 0 Å². The van der Waals surface area contributed by atoms with Crippen molar-refractivity contribution in [1.82, 2.24) is 20.2 Å². The highest BCUT2D eigenvalue weighted by Gasteiger charge is 2.27. The molecule has 0 bridgehead atoms. The molecule has 5 N–H and O–H groups in total. The number of nitrogen functional groups attached to an aromatic ring is 1. The second-order valence-electron chi connectivity index (χ2n) is 4.97. The van der Waals surface area contributed by atoms with Crippen LogP contribution in [0.15, 0.2) is 6.07 Å². The summed E-state index contributed by atoms with van der Waals surface area (Å²) in [4.78, 5) is 21.6. The van der Waals surface area contributed by atoms with Crippen LogP contribution in [0.25, 0.3) is 0 Å². The fourth-order valence-electron chi connectivity index (χ4n) is 1.67. The molecule has 0 unspecified atom stereocenters. The van der Waals surface area contributed by atoms with E-state index in [2.05, 4.69) is 26.0 Å². The zero-order valence-corrected chi connectivity index (χ0v) is 11.8. The number of hydrazine groups is 1. The molecule has 1 saturated carbocycles. The zero-order chi connectivity index (χ0) is 14.5. The summed E-state index contributed by atoms with van der Waals surface area (Å²) in [6.45, 7) is 1.11. The van der Waals surface area contributed by atoms with Gasteiger partial charge < -0.3 is 21.0 Å². The maximum atomic E-state index is 11.3. The van der Waals surface area contributed by atoms with Gasteiger partial charge in [-0.2, -0.15) is 0 Å². The van der Waals surface area contributed by atoms with E-state index >= 15 is 0 Å². The average Bonchev–Trinajstić information content (AvgIpc) is 3.27. The van der Waals surface area contributed by atoms with E-state index in [1.807, 2.05) is 0 Å². The van der Waals surface area contributed by atoms with Crippen LogP contribution in [0.1, 0.15) is 24.6 Å². The van der Waals surface area contributed by atoms with E-state index < -0.39 is 0 Å². The fourth-order valence-corrected chi connectivity index (χ4v) is 1.67. The molecule has 0 radical (unpaired) electrons. The van der Waals surface area contributed by atoms with Crippen LogP contribution in [0, 0.1) is 0 Å². The van der Waals surface area contributed by atoms with Crippen molar-refractivity contribution in [1.29, 1.82) is 0 Å². The molecule has 1 fully saturated rings. The molecular formula is C12H21N7O. The summed E-state index contributed by atoms with van der Waals surface area (Å²) >= 11 is 0. The summed E-state index contributed by atoms with van der Waals surface area (Å²) in [5.41, 5.74) is 2.55. The van der Waals surface area contributed by atoms with Crippen LogP contribution in [-0.2, 0) is 0 Å². The van der Waals surface area contributed by atoms with Crippen molar-refractivity contribution in [3.8, 4) is 0 Å². The highest BCUT2D eigenvalue weighted by Crippen LogP contribution is 2.38. The van der Waals surface area contributed by atoms with Crippen LogP contribution in [0.3, 0.4) is 0 Å². The standard InChI is InChI=1S/C12H21N7O/c1-19(2)12(20)15-6-5-14-9-7-10(18-13)17-11(16-9)8-3-4-8/h7-8H,3-6,13H2,1-2H3,(H,15,20)(H2,14,16,17,18). The van der Waals surface area contributed by atoms with Gasteiger partial charge in [0.05, 0.1) is 0 Å². The largest absolute Gasteiger partial charge is 0.368 e. The SMILES string of the molecule is CN(C)C(=O)NCCNc1cc(NN)nc(C2CC2)n1. The van der Waals surface area contributed by atoms with Crippen LogP contribution in [-0.4, -0.2) is 48.1 Å². The lowest BCUT2D eigenvalue weighted by atomic mass is 10.3. The Morgan fingerprint density at radius 2 is 2.05 bits per heavy atom. The topological polar surface area (TPSA) is 108 Å². The fraction of sp³-hybridized carbons (Fsp3) is 0.583. The number of nitrogens with zero attached hydrogens (tertiary/aromatic N) is 3. The minimum Gasteiger partial charge on any atom is -0.368 e. The first-order valence-electron chi connectivity index (χ1n) is 6.64. The Bertz CT molecular complexity index is 473. The molecule has 1 aliphatic carbocycles. The maximum absolute atomic E-state index is 11.3. The normalized spacial score (nSPS) is 13.8. The molecule has 0 spiro atoms. The Kier molecular flexibility index (Phi) is 4.57. The van der Waals surface area contributed by atoms with E-state index in [1.54, 1.807) is 20.2 Å². The van der Waals surface area contributed by atoms with Crippen LogP contribution < -0.4 is 21.9 Å².